The summed E-state index contributed by atoms with van der Waals surface area (Å²) in [6.07, 6.45) is 0.627. The predicted molar refractivity (Wildman–Crippen MR) is 140 cm³/mol. The molecule has 8 heteroatoms. The van der Waals surface area contributed by atoms with E-state index in [0.29, 0.717) is 29.2 Å². The lowest BCUT2D eigenvalue weighted by atomic mass is 10.1. The van der Waals surface area contributed by atoms with E-state index >= 15 is 0 Å². The number of rotatable bonds is 7. The molecule has 7 nitrogen and oxygen atoms in total. The molecule has 0 saturated heterocycles. The van der Waals surface area contributed by atoms with Crippen LogP contribution in [-0.2, 0) is 9.59 Å². The molecule has 0 saturated carbocycles. The fourth-order valence-corrected chi connectivity index (χ4v) is 4.55. The van der Waals surface area contributed by atoms with Gasteiger partial charge in [0.1, 0.15) is 5.84 Å². The highest BCUT2D eigenvalue weighted by atomic mass is 32.2. The van der Waals surface area contributed by atoms with Crippen LogP contribution in [0, 0.1) is 6.92 Å². The zero-order chi connectivity index (χ0) is 24.8. The number of carbonyl (C=O) groups is 3. The first-order chi connectivity index (χ1) is 16.9. The van der Waals surface area contributed by atoms with Crippen LogP contribution in [0.2, 0.25) is 0 Å². The Morgan fingerprint density at radius 3 is 2.46 bits per heavy atom. The number of para-hydroxylation sites is 1. The molecular weight excluding hydrogens is 460 g/mol. The number of carbonyl (C=O) groups excluding carboxylic acids is 3. The minimum atomic E-state index is -0.387. The van der Waals surface area contributed by atoms with Crippen molar-refractivity contribution in [3.8, 4) is 0 Å². The van der Waals surface area contributed by atoms with Gasteiger partial charge in [-0.25, -0.2) is 0 Å². The van der Waals surface area contributed by atoms with Gasteiger partial charge in [0.15, 0.2) is 0 Å². The van der Waals surface area contributed by atoms with Gasteiger partial charge < -0.3 is 10.6 Å². The second-order valence-electron chi connectivity index (χ2n) is 8.12. The summed E-state index contributed by atoms with van der Waals surface area (Å²) in [5.74, 6) is -0.261. The van der Waals surface area contributed by atoms with Gasteiger partial charge in [-0.05, 0) is 55.8 Å². The summed E-state index contributed by atoms with van der Waals surface area (Å²) < 4.78 is 0. The van der Waals surface area contributed by atoms with Gasteiger partial charge in [0.05, 0.1) is 17.4 Å². The van der Waals surface area contributed by atoms with Crippen LogP contribution in [0.4, 0.5) is 11.4 Å². The number of nitrogens with one attached hydrogen (secondary N) is 2. The van der Waals surface area contributed by atoms with Crippen molar-refractivity contribution in [1.29, 1.82) is 0 Å². The lowest BCUT2D eigenvalue weighted by Crippen LogP contribution is -2.36. The number of anilines is 2. The standard InChI is InChI=1S/C27H26N4O3S/c1-3-23(27(34)29-24-17-25(32)31(30-24)21-9-5-4-6-10-21)35-22-11-7-8-20(16-22)28-26(33)19-14-12-18(2)13-15-19/h4-16,23H,3,17H2,1-2H3,(H,28,33)(H,29,30,34). The molecule has 1 atom stereocenters. The monoisotopic (exact) mass is 486 g/mol. The highest BCUT2D eigenvalue weighted by molar-refractivity contribution is 8.00. The van der Waals surface area contributed by atoms with Gasteiger partial charge in [-0.3, -0.25) is 14.4 Å². The maximum Gasteiger partial charge on any atom is 0.255 e. The molecule has 4 rings (SSSR count). The molecule has 0 radical (unpaired) electrons. The average Bonchev–Trinajstić information content (AvgIpc) is 3.23. The van der Waals surface area contributed by atoms with Gasteiger partial charge in [0.2, 0.25) is 5.91 Å². The van der Waals surface area contributed by atoms with Crippen LogP contribution < -0.4 is 15.6 Å². The second-order valence-corrected chi connectivity index (χ2v) is 9.39. The van der Waals surface area contributed by atoms with Gasteiger partial charge in [-0.2, -0.15) is 10.1 Å². The first-order valence-electron chi connectivity index (χ1n) is 11.3. The summed E-state index contributed by atoms with van der Waals surface area (Å²) in [6.45, 7) is 3.90. The van der Waals surface area contributed by atoms with E-state index in [4.69, 9.17) is 0 Å². The minimum Gasteiger partial charge on any atom is -0.322 e. The first-order valence-corrected chi connectivity index (χ1v) is 12.2. The number of thioether (sulfide) groups is 1. The molecule has 0 bridgehead atoms. The largest absolute Gasteiger partial charge is 0.322 e. The molecule has 0 aromatic heterocycles. The Balaban J connectivity index is 1.39. The van der Waals surface area contributed by atoms with Gasteiger partial charge in [-0.1, -0.05) is 48.9 Å². The Kier molecular flexibility index (Phi) is 7.62. The number of amidine groups is 1. The second kappa shape index (κ2) is 11.0. The Morgan fingerprint density at radius 1 is 1.00 bits per heavy atom. The highest BCUT2D eigenvalue weighted by Crippen LogP contribution is 2.28. The van der Waals surface area contributed by atoms with Crippen LogP contribution in [0.15, 0.2) is 88.9 Å². The fraction of sp³-hybridized carbons (Fsp3) is 0.185. The summed E-state index contributed by atoms with van der Waals surface area (Å²) >= 11 is 1.40. The topological polar surface area (TPSA) is 90.9 Å². The lowest BCUT2D eigenvalue weighted by Gasteiger charge is -2.15. The first kappa shape index (κ1) is 24.2. The summed E-state index contributed by atoms with van der Waals surface area (Å²) in [7, 11) is 0. The number of hydrogen-bond acceptors (Lipinski definition) is 5. The zero-order valence-electron chi connectivity index (χ0n) is 19.5. The number of hydrogen-bond donors (Lipinski definition) is 2. The third-order valence-electron chi connectivity index (χ3n) is 5.39. The van der Waals surface area contributed by atoms with E-state index in [1.165, 1.54) is 16.8 Å². The van der Waals surface area contributed by atoms with Gasteiger partial charge >= 0.3 is 0 Å². The number of aryl methyl sites for hydroxylation is 1. The average molecular weight is 487 g/mol. The van der Waals surface area contributed by atoms with Gasteiger partial charge in [0.25, 0.3) is 11.8 Å². The fourth-order valence-electron chi connectivity index (χ4n) is 3.53. The molecule has 35 heavy (non-hydrogen) atoms. The van der Waals surface area contributed by atoms with Crippen LogP contribution in [0.25, 0.3) is 0 Å². The molecule has 1 heterocycles. The van der Waals surface area contributed by atoms with Crippen molar-refractivity contribution >= 4 is 46.7 Å². The van der Waals surface area contributed by atoms with Crippen molar-refractivity contribution in [3.63, 3.8) is 0 Å². The Labute approximate surface area is 208 Å². The van der Waals surface area contributed by atoms with Gasteiger partial charge in [0, 0.05) is 16.1 Å². The number of nitrogens with zero attached hydrogens (tertiary/aromatic N) is 2. The summed E-state index contributed by atoms with van der Waals surface area (Å²) in [5, 5.41) is 10.9. The van der Waals surface area contributed by atoms with E-state index in [9.17, 15) is 14.4 Å². The van der Waals surface area contributed by atoms with E-state index in [2.05, 4.69) is 15.7 Å². The third-order valence-corrected chi connectivity index (χ3v) is 6.75. The summed E-state index contributed by atoms with van der Waals surface area (Å²) in [6, 6.07) is 23.9. The molecule has 1 unspecified atom stereocenters. The smallest absolute Gasteiger partial charge is 0.255 e. The SMILES string of the molecule is CCC(Sc1cccc(NC(=O)c2ccc(C)cc2)c1)C(=O)NC1=NN(c2ccccc2)C(=O)C1. The molecular formula is C27H26N4O3S. The third kappa shape index (κ3) is 6.16. The van der Waals surface area contributed by atoms with E-state index in [-0.39, 0.29) is 29.4 Å². The van der Waals surface area contributed by atoms with Crippen molar-refractivity contribution in [3.05, 3.63) is 90.0 Å². The van der Waals surface area contributed by atoms with E-state index < -0.39 is 0 Å². The minimum absolute atomic E-state index is 0.0439. The van der Waals surface area contributed by atoms with Crippen LogP contribution in [0.3, 0.4) is 0 Å². The van der Waals surface area contributed by atoms with Crippen LogP contribution >= 0.6 is 11.8 Å². The number of hydrazone groups is 1. The van der Waals surface area contributed by atoms with Crippen molar-refractivity contribution in [2.24, 2.45) is 5.10 Å². The van der Waals surface area contributed by atoms with Crippen LogP contribution in [-0.4, -0.2) is 28.8 Å². The Bertz CT molecular complexity index is 1260. The normalized spacial score (nSPS) is 13.8. The molecule has 1 aliphatic heterocycles. The molecule has 178 valence electrons. The van der Waals surface area contributed by atoms with Crippen LogP contribution in [0.5, 0.6) is 0 Å². The molecule has 0 spiro atoms. The lowest BCUT2D eigenvalue weighted by molar-refractivity contribution is -0.119. The predicted octanol–water partition coefficient (Wildman–Crippen LogP) is 4.98. The van der Waals surface area contributed by atoms with E-state index in [1.54, 1.807) is 24.3 Å². The highest BCUT2D eigenvalue weighted by Gasteiger charge is 2.28. The van der Waals surface area contributed by atoms with Crippen LogP contribution in [0.1, 0.15) is 35.7 Å². The summed E-state index contributed by atoms with van der Waals surface area (Å²) in [4.78, 5) is 38.7. The molecule has 3 aromatic rings. The van der Waals surface area contributed by atoms with Gasteiger partial charge in [-0.15, -0.1) is 11.8 Å². The zero-order valence-corrected chi connectivity index (χ0v) is 20.3. The van der Waals surface area contributed by atoms with Crippen molar-refractivity contribution in [2.75, 3.05) is 10.3 Å². The van der Waals surface area contributed by atoms with E-state index in [0.717, 1.165) is 10.5 Å². The number of benzene rings is 3. The Hall–Kier alpha value is -3.91. The quantitative estimate of drug-likeness (QED) is 0.461. The molecule has 0 fully saturated rings. The molecule has 2 N–H and O–H groups in total. The molecule has 1 aliphatic rings. The summed E-state index contributed by atoms with van der Waals surface area (Å²) in [5.41, 5.74) is 2.98. The molecule has 3 aromatic carbocycles. The maximum atomic E-state index is 12.9. The maximum absolute atomic E-state index is 12.9. The number of amides is 3. The Morgan fingerprint density at radius 2 is 1.74 bits per heavy atom. The van der Waals surface area contributed by atoms with Crippen molar-refractivity contribution < 1.29 is 14.4 Å². The van der Waals surface area contributed by atoms with Crippen molar-refractivity contribution in [2.45, 2.75) is 36.8 Å². The van der Waals surface area contributed by atoms with Crippen molar-refractivity contribution in [1.82, 2.24) is 5.32 Å². The molecule has 3 amide bonds. The van der Waals surface area contributed by atoms with E-state index in [1.807, 2.05) is 68.4 Å². The molecule has 0 aliphatic carbocycles.